The monoisotopic (exact) mass is 1180 g/mol. The van der Waals surface area contributed by atoms with Crippen LogP contribution in [0.15, 0.2) is 95.5 Å². The lowest BCUT2D eigenvalue weighted by Gasteiger charge is -2.15. The molecule has 0 radical (unpaired) electrons. The Kier molecular flexibility index (Phi) is 23.7. The number of benzene rings is 6. The Labute approximate surface area is 479 Å². The molecule has 0 N–H and O–H groups in total. The molecule has 430 valence electrons. The smallest absolute Gasteiger partial charge is 0.204 e. The van der Waals surface area contributed by atoms with Crippen LogP contribution in [-0.2, 0) is 12.8 Å². The summed E-state index contributed by atoms with van der Waals surface area (Å²) < 4.78 is 105. The molecule has 0 aliphatic rings. The summed E-state index contributed by atoms with van der Waals surface area (Å²) in [5, 5.41) is 0. The van der Waals surface area contributed by atoms with Gasteiger partial charge in [-0.2, -0.15) is 0 Å². The topological polar surface area (TPSA) is 163 Å². The molecule has 0 unspecified atom stereocenters. The minimum atomic E-state index is -0.512. The number of rotatable bonds is 26. The predicted octanol–water partition coefficient (Wildman–Crippen LogP) is 12.8. The van der Waals surface area contributed by atoms with E-state index in [0.29, 0.717) is 109 Å². The highest BCUT2D eigenvalue weighted by Gasteiger charge is 2.23. The molecule has 0 saturated heterocycles. The van der Waals surface area contributed by atoms with Gasteiger partial charge in [0.05, 0.1) is 104 Å². The molecule has 0 amide bonds. The number of methoxy groups -OCH3 is 14. The van der Waals surface area contributed by atoms with Crippen molar-refractivity contribution in [2.45, 2.75) is 12.8 Å². The molecule has 6 aromatic carbocycles. The predicted molar refractivity (Wildman–Crippen MR) is 310 cm³/mol. The first-order chi connectivity index (χ1) is 39.1. The van der Waals surface area contributed by atoms with Crippen LogP contribution in [0, 0.1) is 11.6 Å². The highest BCUT2D eigenvalue weighted by Crippen LogP contribution is 2.46. The quantitative estimate of drug-likeness (QED) is 0.0286. The van der Waals surface area contributed by atoms with Crippen molar-refractivity contribution in [3.8, 4) is 80.5 Å². The van der Waals surface area contributed by atoms with E-state index >= 15 is 0 Å². The van der Waals surface area contributed by atoms with Gasteiger partial charge in [0.15, 0.2) is 80.7 Å². The maximum atomic E-state index is 14.7. The summed E-state index contributed by atoms with van der Waals surface area (Å²) in [4.78, 5) is 26.1. The largest absolute Gasteiger partial charge is 0.494 e. The summed E-state index contributed by atoms with van der Waals surface area (Å²) in [6, 6.07) is 17.9. The molecule has 6 aromatic rings. The minimum absolute atomic E-state index is 0.0945. The molecule has 81 heavy (non-hydrogen) atoms. The molecule has 0 fully saturated rings. The average molecular weight is 1180 g/mol. The van der Waals surface area contributed by atoms with Crippen LogP contribution < -0.4 is 66.3 Å². The molecule has 0 aliphatic carbocycles. The standard InChI is InChI=1S/C31H32BrFO8.C31H33FO8/c1-35-24-16-19(9-8-10-23(34)21-17-27(38-4)30(40-6)31(41-7)28(21)32)20(15-22(24)33)12-11-18-13-25(36-2)29(39-5)26(14-18)37-3;1-34-25-16-20(9-8-10-24(33)22-17-28(37-4)31(40-7)29(18-22)38-5)21(15-23(25)32)12-11-19-13-26(35-2)30(39-6)27(14-19)36-3/h8,10-17H,9H2,1-7H3;8,10-18H,9H2,1-7H3/b2*10-8-,12-11-. The van der Waals surface area contributed by atoms with Crippen LogP contribution >= 0.6 is 15.9 Å². The summed E-state index contributed by atoms with van der Waals surface area (Å²) in [5.41, 5.74) is 4.89. The Morgan fingerprint density at radius 1 is 0.370 bits per heavy atom. The van der Waals surface area contributed by atoms with E-state index in [1.165, 1.54) is 124 Å². The zero-order valence-corrected chi connectivity index (χ0v) is 49.1. The van der Waals surface area contributed by atoms with E-state index in [0.717, 1.165) is 22.3 Å². The maximum absolute atomic E-state index is 14.7. The van der Waals surface area contributed by atoms with Crippen LogP contribution in [0.2, 0.25) is 0 Å². The second-order valence-electron chi connectivity index (χ2n) is 16.8. The molecule has 16 nitrogen and oxygen atoms in total. The van der Waals surface area contributed by atoms with Gasteiger partial charge in [0.1, 0.15) is 0 Å². The number of hydrogen-bond acceptors (Lipinski definition) is 16. The second-order valence-corrected chi connectivity index (χ2v) is 17.6. The van der Waals surface area contributed by atoms with Gasteiger partial charge in [-0.05, 0) is 141 Å². The summed E-state index contributed by atoms with van der Waals surface area (Å²) in [6.07, 6.45) is 14.1. The van der Waals surface area contributed by atoms with E-state index in [1.54, 1.807) is 91.1 Å². The van der Waals surface area contributed by atoms with Crippen LogP contribution in [-0.4, -0.2) is 111 Å². The molecule has 0 aromatic heterocycles. The molecule has 0 heterocycles. The molecular weight excluding hydrogens is 1120 g/mol. The van der Waals surface area contributed by atoms with Gasteiger partial charge < -0.3 is 66.3 Å². The lowest BCUT2D eigenvalue weighted by Crippen LogP contribution is -2.03. The molecule has 0 bridgehead atoms. The van der Waals surface area contributed by atoms with Crippen molar-refractivity contribution in [2.75, 3.05) is 99.5 Å². The van der Waals surface area contributed by atoms with E-state index in [1.807, 2.05) is 0 Å². The maximum Gasteiger partial charge on any atom is 0.204 e. The normalized spacial score (nSPS) is 11.0. The highest BCUT2D eigenvalue weighted by molar-refractivity contribution is 9.10. The third kappa shape index (κ3) is 15.3. The van der Waals surface area contributed by atoms with E-state index in [-0.39, 0.29) is 23.1 Å². The highest BCUT2D eigenvalue weighted by atomic mass is 79.9. The van der Waals surface area contributed by atoms with Gasteiger partial charge in [-0.25, -0.2) is 8.78 Å². The van der Waals surface area contributed by atoms with Crippen LogP contribution in [0.3, 0.4) is 0 Å². The Morgan fingerprint density at radius 2 is 0.691 bits per heavy atom. The number of hydrogen-bond donors (Lipinski definition) is 0. The first kappa shape index (κ1) is 63.0. The van der Waals surface area contributed by atoms with E-state index in [4.69, 9.17) is 66.3 Å². The van der Waals surface area contributed by atoms with Crippen LogP contribution in [0.5, 0.6) is 80.5 Å². The van der Waals surface area contributed by atoms with Crippen molar-refractivity contribution in [2.24, 2.45) is 0 Å². The summed E-state index contributed by atoms with van der Waals surface area (Å²) >= 11 is 3.44. The molecular formula is C62H65BrF2O16. The van der Waals surface area contributed by atoms with E-state index < -0.39 is 11.6 Å². The van der Waals surface area contributed by atoms with Crippen LogP contribution in [0.1, 0.15) is 54.1 Å². The van der Waals surface area contributed by atoms with E-state index in [9.17, 15) is 18.4 Å². The van der Waals surface area contributed by atoms with Crippen molar-refractivity contribution in [1.82, 2.24) is 0 Å². The third-order valence-corrected chi connectivity index (χ3v) is 13.1. The number of ether oxygens (including phenoxy) is 14. The van der Waals surface area contributed by atoms with Crippen molar-refractivity contribution in [1.29, 1.82) is 0 Å². The number of ketones is 2. The fourth-order valence-electron chi connectivity index (χ4n) is 8.26. The van der Waals surface area contributed by atoms with Crippen LogP contribution in [0.25, 0.3) is 24.3 Å². The number of allylic oxidation sites excluding steroid dienone is 4. The van der Waals surface area contributed by atoms with Crippen molar-refractivity contribution in [3.63, 3.8) is 0 Å². The Bertz CT molecular complexity index is 3240. The van der Waals surface area contributed by atoms with Gasteiger partial charge in [0.2, 0.25) is 23.0 Å². The second kappa shape index (κ2) is 30.5. The molecule has 0 spiro atoms. The summed E-state index contributed by atoms with van der Waals surface area (Å²) in [5.74, 6) is 3.75. The molecule has 19 heteroatoms. The number of carbonyl (C=O) groups excluding carboxylic acids is 2. The van der Waals surface area contributed by atoms with Crippen molar-refractivity contribution in [3.05, 3.63) is 152 Å². The zero-order chi connectivity index (χ0) is 59.3. The van der Waals surface area contributed by atoms with Gasteiger partial charge in [-0.15, -0.1) is 0 Å². The first-order valence-electron chi connectivity index (χ1n) is 24.5. The van der Waals surface area contributed by atoms with Gasteiger partial charge in [-0.3, -0.25) is 9.59 Å². The SMILES string of the molecule is COc1cc(C/C=C\C(=O)c2cc(OC)c(OC)c(OC)c2)c(/C=C\c2cc(OC)c(OC)c(OC)c2)cc1F.COc1cc(C/C=C\C(=O)c2cc(OC)c(OC)c(OC)c2Br)c(/C=C\c2cc(OC)c(OC)c(OC)c2)cc1F. The Morgan fingerprint density at radius 3 is 1.02 bits per heavy atom. The zero-order valence-electron chi connectivity index (χ0n) is 47.5. The summed E-state index contributed by atoms with van der Waals surface area (Å²) in [6.45, 7) is 0. The van der Waals surface area contributed by atoms with Gasteiger partial charge in [0.25, 0.3) is 0 Å². The van der Waals surface area contributed by atoms with Gasteiger partial charge >= 0.3 is 0 Å². The first-order valence-corrected chi connectivity index (χ1v) is 25.3. The minimum Gasteiger partial charge on any atom is -0.494 e. The molecule has 0 atom stereocenters. The lowest BCUT2D eigenvalue weighted by atomic mass is 10.0. The molecule has 0 aliphatic heterocycles. The van der Waals surface area contributed by atoms with Crippen molar-refractivity contribution < 1.29 is 84.7 Å². The van der Waals surface area contributed by atoms with Gasteiger partial charge in [0, 0.05) is 11.1 Å². The Balaban J connectivity index is 0.000000297. The number of halogens is 3. The average Bonchev–Trinajstić information content (AvgIpc) is 3.63. The fourth-order valence-corrected chi connectivity index (χ4v) is 8.91. The van der Waals surface area contributed by atoms with Crippen LogP contribution in [0.4, 0.5) is 8.78 Å². The van der Waals surface area contributed by atoms with Gasteiger partial charge in [-0.1, -0.05) is 36.5 Å². The molecule has 6 rings (SSSR count). The van der Waals surface area contributed by atoms with E-state index in [2.05, 4.69) is 15.9 Å². The summed E-state index contributed by atoms with van der Waals surface area (Å²) in [7, 11) is 20.9. The molecule has 0 saturated carbocycles. The number of carbonyl (C=O) groups is 2. The Hall–Kier alpha value is -8.84. The van der Waals surface area contributed by atoms with Crippen molar-refractivity contribution >= 4 is 51.8 Å². The third-order valence-electron chi connectivity index (χ3n) is 12.3. The fraction of sp³-hybridized carbons (Fsp3) is 0.258. The lowest BCUT2D eigenvalue weighted by molar-refractivity contribution is 0.103.